The first kappa shape index (κ1) is 11.7. The molecule has 0 saturated heterocycles. The van der Waals surface area contributed by atoms with Crippen molar-refractivity contribution in [3.05, 3.63) is 35.4 Å². The Kier molecular flexibility index (Phi) is 4.06. The lowest BCUT2D eigenvalue weighted by Crippen LogP contribution is -2.15. The molecule has 0 aliphatic carbocycles. The van der Waals surface area contributed by atoms with Crippen LogP contribution in [0, 0.1) is 22.7 Å². The molecule has 16 heavy (non-hydrogen) atoms. The summed E-state index contributed by atoms with van der Waals surface area (Å²) in [7, 11) is 0. The van der Waals surface area contributed by atoms with Gasteiger partial charge in [0.25, 0.3) is 0 Å². The van der Waals surface area contributed by atoms with Gasteiger partial charge in [-0.05, 0) is 18.6 Å². The normalized spacial score (nSPS) is 10.9. The van der Waals surface area contributed by atoms with Gasteiger partial charge in [0.1, 0.15) is 0 Å². The Morgan fingerprint density at radius 1 is 1.44 bits per heavy atom. The van der Waals surface area contributed by atoms with Crippen molar-refractivity contribution in [3.8, 4) is 12.1 Å². The lowest BCUT2D eigenvalue weighted by atomic mass is 9.96. The number of carbonyl (C=O) groups is 1. The van der Waals surface area contributed by atoms with E-state index in [4.69, 9.17) is 15.3 Å². The summed E-state index contributed by atoms with van der Waals surface area (Å²) in [5, 5.41) is 17.8. The third-order valence-electron chi connectivity index (χ3n) is 2.04. The van der Waals surface area contributed by atoms with Crippen molar-refractivity contribution in [1.29, 1.82) is 10.5 Å². The SMILES string of the molecule is CCOC(=O)C(C#N)c1ccccc1C#N. The molecule has 1 aromatic rings. The van der Waals surface area contributed by atoms with Crippen LogP contribution >= 0.6 is 0 Å². The number of nitriles is 2. The molecular formula is C12H10N2O2. The quantitative estimate of drug-likeness (QED) is 0.718. The molecule has 4 nitrogen and oxygen atoms in total. The average molecular weight is 214 g/mol. The predicted molar refractivity (Wildman–Crippen MR) is 56.1 cm³/mol. The Morgan fingerprint density at radius 3 is 2.69 bits per heavy atom. The second-order valence-electron chi connectivity index (χ2n) is 3.01. The average Bonchev–Trinajstić information content (AvgIpc) is 2.31. The van der Waals surface area contributed by atoms with Crippen molar-refractivity contribution < 1.29 is 9.53 Å². The van der Waals surface area contributed by atoms with Crippen molar-refractivity contribution in [3.63, 3.8) is 0 Å². The molecule has 0 N–H and O–H groups in total. The molecule has 0 aliphatic rings. The van der Waals surface area contributed by atoms with E-state index in [-0.39, 0.29) is 6.61 Å². The minimum absolute atomic E-state index is 0.214. The fourth-order valence-electron chi connectivity index (χ4n) is 1.33. The lowest BCUT2D eigenvalue weighted by molar-refractivity contribution is -0.143. The molecule has 0 bridgehead atoms. The summed E-state index contributed by atoms with van der Waals surface area (Å²) in [6.07, 6.45) is 0. The van der Waals surface area contributed by atoms with Crippen LogP contribution in [0.4, 0.5) is 0 Å². The fourth-order valence-corrected chi connectivity index (χ4v) is 1.33. The van der Waals surface area contributed by atoms with E-state index in [9.17, 15) is 4.79 Å². The van der Waals surface area contributed by atoms with Crippen LogP contribution in [0.25, 0.3) is 0 Å². The van der Waals surface area contributed by atoms with Crippen LogP contribution in [-0.2, 0) is 9.53 Å². The van der Waals surface area contributed by atoms with Crippen LogP contribution in [0.2, 0.25) is 0 Å². The predicted octanol–water partition coefficient (Wildman–Crippen LogP) is 1.73. The topological polar surface area (TPSA) is 73.9 Å². The molecule has 0 radical (unpaired) electrons. The largest absolute Gasteiger partial charge is 0.465 e. The second kappa shape index (κ2) is 5.53. The van der Waals surface area contributed by atoms with Crippen molar-refractivity contribution in [2.24, 2.45) is 0 Å². The molecule has 0 amide bonds. The Balaban J connectivity index is 3.11. The van der Waals surface area contributed by atoms with E-state index < -0.39 is 11.9 Å². The number of ether oxygens (including phenoxy) is 1. The first-order valence-corrected chi connectivity index (χ1v) is 4.79. The molecule has 0 saturated carbocycles. The van der Waals surface area contributed by atoms with Gasteiger partial charge in [-0.25, -0.2) is 0 Å². The van der Waals surface area contributed by atoms with Crippen LogP contribution in [0.1, 0.15) is 24.0 Å². The van der Waals surface area contributed by atoms with Crippen molar-refractivity contribution in [2.75, 3.05) is 6.61 Å². The van der Waals surface area contributed by atoms with E-state index in [1.807, 2.05) is 12.1 Å². The highest BCUT2D eigenvalue weighted by Crippen LogP contribution is 2.20. The Bertz CT molecular complexity index is 469. The third-order valence-corrected chi connectivity index (χ3v) is 2.04. The van der Waals surface area contributed by atoms with Crippen molar-refractivity contribution in [2.45, 2.75) is 12.8 Å². The molecule has 1 unspecified atom stereocenters. The summed E-state index contributed by atoms with van der Waals surface area (Å²) in [4.78, 5) is 11.5. The molecule has 0 heterocycles. The first-order valence-electron chi connectivity index (χ1n) is 4.79. The maximum Gasteiger partial charge on any atom is 0.327 e. The maximum atomic E-state index is 11.5. The van der Waals surface area contributed by atoms with Gasteiger partial charge in [0, 0.05) is 0 Å². The molecule has 1 atom stereocenters. The van der Waals surface area contributed by atoms with E-state index in [0.29, 0.717) is 11.1 Å². The van der Waals surface area contributed by atoms with E-state index >= 15 is 0 Å². The summed E-state index contributed by atoms with van der Waals surface area (Å²) >= 11 is 0. The van der Waals surface area contributed by atoms with E-state index in [0.717, 1.165) is 0 Å². The Hall–Kier alpha value is -2.33. The zero-order valence-corrected chi connectivity index (χ0v) is 8.80. The number of carbonyl (C=O) groups excluding carboxylic acids is 1. The molecule has 4 heteroatoms. The molecule has 1 aromatic carbocycles. The standard InChI is InChI=1S/C12H10N2O2/c1-2-16-12(15)11(8-14)10-6-4-3-5-9(10)7-13/h3-6,11H,2H2,1H3. The summed E-state index contributed by atoms with van der Waals surface area (Å²) < 4.78 is 4.78. The van der Waals surface area contributed by atoms with Gasteiger partial charge in [0.05, 0.1) is 24.3 Å². The number of benzene rings is 1. The van der Waals surface area contributed by atoms with E-state index in [1.165, 1.54) is 0 Å². The van der Waals surface area contributed by atoms with Gasteiger partial charge in [-0.2, -0.15) is 10.5 Å². The highest BCUT2D eigenvalue weighted by molar-refractivity contribution is 5.82. The summed E-state index contributed by atoms with van der Waals surface area (Å²) in [5.74, 6) is -1.65. The molecule has 0 aliphatic heterocycles. The smallest absolute Gasteiger partial charge is 0.327 e. The first-order chi connectivity index (χ1) is 7.74. The molecule has 0 spiro atoms. The summed E-state index contributed by atoms with van der Waals surface area (Å²) in [6.45, 7) is 1.88. The van der Waals surface area contributed by atoms with Gasteiger partial charge >= 0.3 is 5.97 Å². The van der Waals surface area contributed by atoms with Gasteiger partial charge in [0.15, 0.2) is 5.92 Å². The van der Waals surface area contributed by atoms with Gasteiger partial charge < -0.3 is 4.74 Å². The lowest BCUT2D eigenvalue weighted by Gasteiger charge is -2.09. The minimum Gasteiger partial charge on any atom is -0.465 e. The minimum atomic E-state index is -1.03. The number of hydrogen-bond acceptors (Lipinski definition) is 4. The van der Waals surface area contributed by atoms with Crippen molar-refractivity contribution in [1.82, 2.24) is 0 Å². The van der Waals surface area contributed by atoms with Gasteiger partial charge in [-0.1, -0.05) is 18.2 Å². The number of hydrogen-bond donors (Lipinski definition) is 0. The zero-order valence-electron chi connectivity index (χ0n) is 8.80. The van der Waals surface area contributed by atoms with Crippen LogP contribution < -0.4 is 0 Å². The Labute approximate surface area is 93.7 Å². The Morgan fingerprint density at radius 2 is 2.12 bits per heavy atom. The van der Waals surface area contributed by atoms with E-state index in [1.54, 1.807) is 31.2 Å². The number of esters is 1. The van der Waals surface area contributed by atoms with Gasteiger partial charge in [-0.15, -0.1) is 0 Å². The van der Waals surface area contributed by atoms with Crippen LogP contribution in [-0.4, -0.2) is 12.6 Å². The highest BCUT2D eigenvalue weighted by atomic mass is 16.5. The number of rotatable bonds is 3. The molecule has 80 valence electrons. The van der Waals surface area contributed by atoms with Crippen LogP contribution in [0.15, 0.2) is 24.3 Å². The molecular weight excluding hydrogens is 204 g/mol. The van der Waals surface area contributed by atoms with Crippen LogP contribution in [0.3, 0.4) is 0 Å². The van der Waals surface area contributed by atoms with E-state index in [2.05, 4.69) is 0 Å². The maximum absolute atomic E-state index is 11.5. The molecule has 0 aromatic heterocycles. The highest BCUT2D eigenvalue weighted by Gasteiger charge is 2.23. The van der Waals surface area contributed by atoms with Crippen LogP contribution in [0.5, 0.6) is 0 Å². The third kappa shape index (κ3) is 2.37. The van der Waals surface area contributed by atoms with Crippen molar-refractivity contribution >= 4 is 5.97 Å². The van der Waals surface area contributed by atoms with Gasteiger partial charge in [-0.3, -0.25) is 4.79 Å². The molecule has 0 fully saturated rings. The zero-order chi connectivity index (χ0) is 12.0. The summed E-state index contributed by atoms with van der Waals surface area (Å²) in [5.41, 5.74) is 0.716. The second-order valence-corrected chi connectivity index (χ2v) is 3.01. The van der Waals surface area contributed by atoms with Gasteiger partial charge in [0.2, 0.25) is 0 Å². The monoisotopic (exact) mass is 214 g/mol. The summed E-state index contributed by atoms with van der Waals surface area (Å²) in [6, 6.07) is 10.3. The molecule has 1 rings (SSSR count). The fraction of sp³-hybridized carbons (Fsp3) is 0.250. The number of nitrogens with zero attached hydrogens (tertiary/aromatic N) is 2.